The lowest BCUT2D eigenvalue weighted by Gasteiger charge is -2.11. The van der Waals surface area contributed by atoms with Gasteiger partial charge in [0.2, 0.25) is 10.0 Å². The lowest BCUT2D eigenvalue weighted by molar-refractivity contribution is 0.552. The Bertz CT molecular complexity index is 492. The fourth-order valence-electron chi connectivity index (χ4n) is 2.01. The van der Waals surface area contributed by atoms with Crippen LogP contribution in [0.25, 0.3) is 0 Å². The number of hydrogen-bond acceptors (Lipinski definition) is 4. The maximum absolute atomic E-state index is 12.2. The molecule has 0 bridgehead atoms. The van der Waals surface area contributed by atoms with Crippen LogP contribution in [-0.2, 0) is 16.6 Å². The molecule has 2 rings (SSSR count). The van der Waals surface area contributed by atoms with Gasteiger partial charge in [-0.25, -0.2) is 13.1 Å². The molecule has 1 aliphatic carbocycles. The molecule has 0 aliphatic heterocycles. The second-order valence-corrected chi connectivity index (χ2v) is 8.29. The first-order valence-electron chi connectivity index (χ1n) is 5.53. The molecule has 1 aliphatic rings. The van der Waals surface area contributed by atoms with Crippen molar-refractivity contribution in [2.24, 2.45) is 5.73 Å². The minimum absolute atomic E-state index is 0.0909. The molecule has 96 valence electrons. The summed E-state index contributed by atoms with van der Waals surface area (Å²) in [5.41, 5.74) is 5.51. The molecule has 0 radical (unpaired) electrons. The Hall–Kier alpha value is 0.0500. The molecule has 1 saturated carbocycles. The van der Waals surface area contributed by atoms with Gasteiger partial charge in [-0.3, -0.25) is 0 Å². The zero-order chi connectivity index (χ0) is 12.5. The molecule has 0 atom stereocenters. The van der Waals surface area contributed by atoms with Crippen molar-refractivity contribution in [2.45, 2.75) is 43.2 Å². The van der Waals surface area contributed by atoms with Crippen LogP contribution in [0, 0.1) is 0 Å². The number of thiophene rings is 1. The van der Waals surface area contributed by atoms with Crippen LogP contribution in [-0.4, -0.2) is 14.5 Å². The Labute approximate surface area is 114 Å². The molecule has 0 amide bonds. The van der Waals surface area contributed by atoms with Crippen LogP contribution in [0.4, 0.5) is 0 Å². The normalized spacial score (nSPS) is 17.8. The van der Waals surface area contributed by atoms with E-state index in [1.54, 1.807) is 6.07 Å². The second-order valence-electron chi connectivity index (χ2n) is 4.16. The van der Waals surface area contributed by atoms with E-state index in [0.717, 1.165) is 30.6 Å². The maximum Gasteiger partial charge on any atom is 0.242 e. The van der Waals surface area contributed by atoms with Gasteiger partial charge in [0.15, 0.2) is 0 Å². The van der Waals surface area contributed by atoms with Gasteiger partial charge >= 0.3 is 0 Å². The third-order valence-corrected chi connectivity index (χ3v) is 6.67. The van der Waals surface area contributed by atoms with Crippen LogP contribution in [0.1, 0.15) is 30.6 Å². The predicted molar refractivity (Wildman–Crippen MR) is 72.5 cm³/mol. The minimum atomic E-state index is -3.41. The lowest BCUT2D eigenvalue weighted by Crippen LogP contribution is -2.32. The van der Waals surface area contributed by atoms with Crippen molar-refractivity contribution in [3.63, 3.8) is 0 Å². The molecule has 3 N–H and O–H groups in total. The molecule has 0 spiro atoms. The van der Waals surface area contributed by atoms with Gasteiger partial charge in [0, 0.05) is 17.5 Å². The van der Waals surface area contributed by atoms with Crippen molar-refractivity contribution in [3.8, 4) is 0 Å². The monoisotopic (exact) mass is 338 g/mol. The number of hydrogen-bond donors (Lipinski definition) is 2. The van der Waals surface area contributed by atoms with E-state index in [4.69, 9.17) is 5.73 Å². The summed E-state index contributed by atoms with van der Waals surface area (Å²) < 4.78 is 27.7. The van der Waals surface area contributed by atoms with Gasteiger partial charge < -0.3 is 5.73 Å². The number of rotatable bonds is 4. The Balaban J connectivity index is 2.21. The number of halogens is 1. The lowest BCUT2D eigenvalue weighted by atomic mass is 10.3. The van der Waals surface area contributed by atoms with Gasteiger partial charge in [0.1, 0.15) is 4.90 Å². The van der Waals surface area contributed by atoms with Crippen LogP contribution in [0.5, 0.6) is 0 Å². The average molecular weight is 339 g/mol. The van der Waals surface area contributed by atoms with Crippen molar-refractivity contribution in [2.75, 3.05) is 0 Å². The van der Waals surface area contributed by atoms with Crippen LogP contribution in [0.2, 0.25) is 0 Å². The van der Waals surface area contributed by atoms with Crippen LogP contribution < -0.4 is 10.5 Å². The Morgan fingerprint density at radius 1 is 1.47 bits per heavy atom. The second kappa shape index (κ2) is 5.36. The summed E-state index contributed by atoms with van der Waals surface area (Å²) in [6.45, 7) is 0.363. The highest BCUT2D eigenvalue weighted by Crippen LogP contribution is 2.32. The first kappa shape index (κ1) is 13.5. The molecule has 0 saturated heterocycles. The quantitative estimate of drug-likeness (QED) is 0.883. The molecule has 1 heterocycles. The van der Waals surface area contributed by atoms with Crippen molar-refractivity contribution in [1.29, 1.82) is 0 Å². The summed E-state index contributed by atoms with van der Waals surface area (Å²) in [5.74, 6) is 0. The molecular weight excluding hydrogens is 324 g/mol. The van der Waals surface area contributed by atoms with Crippen molar-refractivity contribution in [3.05, 3.63) is 14.7 Å². The number of nitrogens with one attached hydrogen (secondary N) is 1. The van der Waals surface area contributed by atoms with E-state index < -0.39 is 10.0 Å². The third kappa shape index (κ3) is 3.08. The van der Waals surface area contributed by atoms with Crippen LogP contribution in [0.15, 0.2) is 14.7 Å². The maximum atomic E-state index is 12.2. The van der Waals surface area contributed by atoms with Gasteiger partial charge in [0.25, 0.3) is 0 Å². The summed E-state index contributed by atoms with van der Waals surface area (Å²) in [7, 11) is -3.41. The van der Waals surface area contributed by atoms with E-state index in [1.165, 1.54) is 11.3 Å². The van der Waals surface area contributed by atoms with Crippen molar-refractivity contribution >= 4 is 37.3 Å². The molecule has 0 unspecified atom stereocenters. The van der Waals surface area contributed by atoms with Crippen molar-refractivity contribution in [1.82, 2.24) is 4.72 Å². The van der Waals surface area contributed by atoms with Gasteiger partial charge in [-0.15, -0.1) is 11.3 Å². The van der Waals surface area contributed by atoms with E-state index >= 15 is 0 Å². The Morgan fingerprint density at radius 3 is 2.65 bits per heavy atom. The molecule has 17 heavy (non-hydrogen) atoms. The fourth-order valence-corrected chi connectivity index (χ4v) is 5.87. The Kier molecular flexibility index (Phi) is 4.25. The minimum Gasteiger partial charge on any atom is -0.326 e. The molecule has 7 heteroatoms. The van der Waals surface area contributed by atoms with Gasteiger partial charge in [-0.1, -0.05) is 12.8 Å². The summed E-state index contributed by atoms with van der Waals surface area (Å²) in [6, 6.07) is 1.74. The first-order chi connectivity index (χ1) is 8.03. The van der Waals surface area contributed by atoms with Crippen LogP contribution >= 0.6 is 27.3 Å². The standard InChI is InChI=1S/C10H15BrN2O2S2/c11-10-9(5-8(6-12)16-10)17(14,15)13-7-3-1-2-4-7/h5,7,13H,1-4,6,12H2. The largest absolute Gasteiger partial charge is 0.326 e. The molecule has 1 aromatic rings. The number of sulfonamides is 1. The Morgan fingerprint density at radius 2 is 2.12 bits per heavy atom. The third-order valence-electron chi connectivity index (χ3n) is 2.87. The molecule has 4 nitrogen and oxygen atoms in total. The predicted octanol–water partition coefficient (Wildman–Crippen LogP) is 2.19. The van der Waals surface area contributed by atoms with Gasteiger partial charge in [-0.05, 0) is 34.8 Å². The highest BCUT2D eigenvalue weighted by Gasteiger charge is 2.25. The summed E-state index contributed by atoms with van der Waals surface area (Å²) >= 11 is 4.66. The van der Waals surface area contributed by atoms with E-state index in [0.29, 0.717) is 15.2 Å². The average Bonchev–Trinajstić information content (AvgIpc) is 2.86. The molecule has 0 aromatic carbocycles. The van der Waals surface area contributed by atoms with Gasteiger partial charge in [-0.2, -0.15) is 0 Å². The van der Waals surface area contributed by atoms with Crippen molar-refractivity contribution < 1.29 is 8.42 Å². The van der Waals surface area contributed by atoms with E-state index in [1.807, 2.05) is 0 Å². The molecule has 1 fully saturated rings. The first-order valence-corrected chi connectivity index (χ1v) is 8.63. The van der Waals surface area contributed by atoms with E-state index in [9.17, 15) is 8.42 Å². The zero-order valence-corrected chi connectivity index (χ0v) is 12.5. The zero-order valence-electron chi connectivity index (χ0n) is 9.28. The summed E-state index contributed by atoms with van der Waals surface area (Å²) in [5, 5.41) is 0. The highest BCUT2D eigenvalue weighted by atomic mass is 79.9. The van der Waals surface area contributed by atoms with E-state index in [-0.39, 0.29) is 6.04 Å². The fraction of sp³-hybridized carbons (Fsp3) is 0.600. The SMILES string of the molecule is NCc1cc(S(=O)(=O)NC2CCCC2)c(Br)s1. The smallest absolute Gasteiger partial charge is 0.242 e. The summed E-state index contributed by atoms with van der Waals surface area (Å²) in [4.78, 5) is 1.18. The van der Waals surface area contributed by atoms with Crippen LogP contribution in [0.3, 0.4) is 0 Å². The topological polar surface area (TPSA) is 72.2 Å². The summed E-state index contributed by atoms with van der Waals surface area (Å²) in [6.07, 6.45) is 4.08. The van der Waals surface area contributed by atoms with E-state index in [2.05, 4.69) is 20.7 Å². The highest BCUT2D eigenvalue weighted by molar-refractivity contribution is 9.11. The molecule has 1 aromatic heterocycles. The number of nitrogens with two attached hydrogens (primary N) is 1. The van der Waals surface area contributed by atoms with Gasteiger partial charge in [0.05, 0.1) is 3.79 Å². The molecular formula is C10H15BrN2O2S2.